The van der Waals surface area contributed by atoms with Crippen molar-refractivity contribution in [2.75, 3.05) is 33.1 Å². The predicted octanol–water partition coefficient (Wildman–Crippen LogP) is 5.33. The van der Waals surface area contributed by atoms with Crippen LogP contribution in [0, 0.1) is 0 Å². The zero-order valence-corrected chi connectivity index (χ0v) is 20.1. The van der Waals surface area contributed by atoms with Gasteiger partial charge in [0, 0.05) is 17.5 Å². The average molecular weight is 478 g/mol. The summed E-state index contributed by atoms with van der Waals surface area (Å²) in [7, 11) is 5.49. The van der Waals surface area contributed by atoms with E-state index in [9.17, 15) is 4.79 Å². The van der Waals surface area contributed by atoms with Gasteiger partial charge in [0.15, 0.2) is 11.5 Å². The first kappa shape index (κ1) is 23.0. The number of amides is 2. The molecule has 0 bridgehead atoms. The molecule has 0 aromatic heterocycles. The number of carbonyl (C=O) groups excluding carboxylic acids is 1. The van der Waals surface area contributed by atoms with Crippen LogP contribution in [0.3, 0.4) is 0 Å². The molecule has 2 aromatic carbocycles. The molecule has 2 aromatic rings. The van der Waals surface area contributed by atoms with Gasteiger partial charge in [-0.1, -0.05) is 35.3 Å². The molecule has 0 unspecified atom stereocenters. The number of hydrogen-bond acceptors (Lipinski definition) is 4. The third-order valence-corrected chi connectivity index (χ3v) is 7.65. The van der Waals surface area contributed by atoms with Crippen molar-refractivity contribution in [3.63, 3.8) is 0 Å². The Bertz CT molecular complexity index is 982. The number of nitrogens with one attached hydrogen (secondary N) is 2. The second-order valence-electron chi connectivity index (χ2n) is 8.64. The number of hydrogen-bond donors (Lipinski definition) is 2. The zero-order valence-electron chi connectivity index (χ0n) is 18.6. The Morgan fingerprint density at radius 1 is 1.09 bits per heavy atom. The summed E-state index contributed by atoms with van der Waals surface area (Å²) in [5.41, 5.74) is 1.74. The Morgan fingerprint density at radius 3 is 2.50 bits per heavy atom. The molecule has 0 spiro atoms. The van der Waals surface area contributed by atoms with Crippen LogP contribution in [0.25, 0.3) is 0 Å². The molecule has 1 saturated carbocycles. The standard InChI is InChI=1S/C24H29Cl2N3O3/c1-29-12-11-24(15-7-8-19(31-2)20(13-15)32-3)10-9-16(14-21(24)29)27-23(30)28-22-17(25)5-4-6-18(22)26/h4-8,13,16,21H,9-12,14H2,1-3H3,(H2,27,28,30)/t16-,21+,24-/m0/s1. The van der Waals surface area contributed by atoms with Gasteiger partial charge < -0.3 is 25.0 Å². The highest BCUT2D eigenvalue weighted by molar-refractivity contribution is 6.39. The number of nitrogens with zero attached hydrogens (tertiary/aromatic N) is 1. The van der Waals surface area contributed by atoms with Crippen molar-refractivity contribution in [2.24, 2.45) is 0 Å². The average Bonchev–Trinajstić information content (AvgIpc) is 3.13. The van der Waals surface area contributed by atoms with Crippen LogP contribution < -0.4 is 20.1 Å². The number of likely N-dealkylation sites (N-methyl/N-ethyl adjacent to an activating group) is 1. The van der Waals surface area contributed by atoms with E-state index in [1.807, 2.05) is 6.07 Å². The van der Waals surface area contributed by atoms with Gasteiger partial charge in [0.25, 0.3) is 0 Å². The second-order valence-corrected chi connectivity index (χ2v) is 9.45. The Kier molecular flexibility index (Phi) is 6.75. The second kappa shape index (κ2) is 9.38. The molecule has 1 heterocycles. The van der Waals surface area contributed by atoms with Crippen LogP contribution in [-0.2, 0) is 5.41 Å². The Balaban J connectivity index is 1.50. The lowest BCUT2D eigenvalue weighted by atomic mass is 9.65. The van der Waals surface area contributed by atoms with Crippen molar-refractivity contribution < 1.29 is 14.3 Å². The summed E-state index contributed by atoms with van der Waals surface area (Å²) < 4.78 is 11.0. The van der Waals surface area contributed by atoms with E-state index < -0.39 is 0 Å². The predicted molar refractivity (Wildman–Crippen MR) is 129 cm³/mol. The highest BCUT2D eigenvalue weighted by Crippen LogP contribution is 2.49. The van der Waals surface area contributed by atoms with Crippen LogP contribution in [0.4, 0.5) is 10.5 Å². The largest absolute Gasteiger partial charge is 0.493 e. The molecule has 3 atom stereocenters. The fraction of sp³-hybridized carbons (Fsp3) is 0.458. The lowest BCUT2D eigenvalue weighted by Gasteiger charge is -2.45. The van der Waals surface area contributed by atoms with Gasteiger partial charge in [-0.2, -0.15) is 0 Å². The van der Waals surface area contributed by atoms with Gasteiger partial charge in [-0.15, -0.1) is 0 Å². The van der Waals surface area contributed by atoms with E-state index in [4.69, 9.17) is 32.7 Å². The number of benzene rings is 2. The molecule has 2 amide bonds. The van der Waals surface area contributed by atoms with Crippen molar-refractivity contribution in [3.8, 4) is 11.5 Å². The SMILES string of the molecule is COc1ccc([C@@]23CC[C@H](NC(=O)Nc4c(Cl)cccc4Cl)C[C@H]2N(C)CC3)cc1OC. The number of likely N-dealkylation sites (tertiary alicyclic amines) is 1. The Labute approximate surface area is 199 Å². The molecule has 0 radical (unpaired) electrons. The van der Waals surface area contributed by atoms with Gasteiger partial charge in [0.2, 0.25) is 0 Å². The van der Waals surface area contributed by atoms with Gasteiger partial charge in [-0.3, -0.25) is 0 Å². The number of rotatable bonds is 5. The van der Waals surface area contributed by atoms with E-state index in [0.717, 1.165) is 43.7 Å². The molecule has 2 aliphatic rings. The molecular weight excluding hydrogens is 449 g/mol. The highest BCUT2D eigenvalue weighted by Gasteiger charge is 2.50. The third kappa shape index (κ3) is 4.24. The molecule has 1 saturated heterocycles. The fourth-order valence-corrected chi connectivity index (χ4v) is 5.84. The van der Waals surface area contributed by atoms with E-state index in [1.54, 1.807) is 32.4 Å². The number of anilines is 1. The Morgan fingerprint density at radius 2 is 1.81 bits per heavy atom. The van der Waals surface area contributed by atoms with Crippen molar-refractivity contribution in [2.45, 2.75) is 43.2 Å². The van der Waals surface area contributed by atoms with Crippen molar-refractivity contribution in [3.05, 3.63) is 52.0 Å². The third-order valence-electron chi connectivity index (χ3n) is 7.02. The minimum absolute atomic E-state index is 0.0367. The monoisotopic (exact) mass is 477 g/mol. The number of fused-ring (bicyclic) bond motifs is 1. The molecule has 172 valence electrons. The van der Waals surface area contributed by atoms with Crippen LogP contribution >= 0.6 is 23.2 Å². The lowest BCUT2D eigenvalue weighted by molar-refractivity contribution is 0.156. The number of carbonyl (C=O) groups is 1. The van der Waals surface area contributed by atoms with Gasteiger partial charge in [-0.25, -0.2) is 4.79 Å². The molecule has 1 aliphatic heterocycles. The fourth-order valence-electron chi connectivity index (χ4n) is 5.35. The normalized spacial score (nSPS) is 25.2. The number of halogens is 2. The van der Waals surface area contributed by atoms with Gasteiger partial charge in [-0.05, 0) is 69.1 Å². The van der Waals surface area contributed by atoms with E-state index in [0.29, 0.717) is 21.8 Å². The Hall–Kier alpha value is -2.15. The zero-order chi connectivity index (χ0) is 22.9. The number of urea groups is 1. The minimum Gasteiger partial charge on any atom is -0.493 e. The molecule has 8 heteroatoms. The highest BCUT2D eigenvalue weighted by atomic mass is 35.5. The lowest BCUT2D eigenvalue weighted by Crippen LogP contribution is -2.52. The number of ether oxygens (including phenoxy) is 2. The summed E-state index contributed by atoms with van der Waals surface area (Å²) in [6.07, 6.45) is 3.82. The molecule has 2 fully saturated rings. The van der Waals surface area contributed by atoms with Crippen LogP contribution in [-0.4, -0.2) is 50.8 Å². The molecule has 6 nitrogen and oxygen atoms in total. The van der Waals surface area contributed by atoms with Crippen LogP contribution in [0.5, 0.6) is 11.5 Å². The first-order valence-corrected chi connectivity index (χ1v) is 11.6. The van der Waals surface area contributed by atoms with Gasteiger partial charge >= 0.3 is 6.03 Å². The summed E-state index contributed by atoms with van der Waals surface area (Å²) >= 11 is 12.4. The van der Waals surface area contributed by atoms with Gasteiger partial charge in [0.05, 0.1) is 30.0 Å². The van der Waals surface area contributed by atoms with E-state index in [-0.39, 0.29) is 17.5 Å². The van der Waals surface area contributed by atoms with E-state index in [2.05, 4.69) is 34.7 Å². The molecular formula is C24H29Cl2N3O3. The van der Waals surface area contributed by atoms with Crippen LogP contribution in [0.15, 0.2) is 36.4 Å². The summed E-state index contributed by atoms with van der Waals surface area (Å²) in [5.74, 6) is 1.49. The number of para-hydroxylation sites is 1. The van der Waals surface area contributed by atoms with Crippen molar-refractivity contribution in [1.82, 2.24) is 10.2 Å². The maximum absolute atomic E-state index is 12.7. The van der Waals surface area contributed by atoms with Crippen molar-refractivity contribution >= 4 is 34.9 Å². The van der Waals surface area contributed by atoms with E-state index in [1.165, 1.54) is 5.56 Å². The molecule has 4 rings (SSSR count). The van der Waals surface area contributed by atoms with Crippen LogP contribution in [0.1, 0.15) is 31.2 Å². The first-order valence-electron chi connectivity index (χ1n) is 10.8. The molecule has 1 aliphatic carbocycles. The van der Waals surface area contributed by atoms with Gasteiger partial charge in [0.1, 0.15) is 0 Å². The maximum atomic E-state index is 12.7. The summed E-state index contributed by atoms with van der Waals surface area (Å²) in [4.78, 5) is 15.1. The molecule has 2 N–H and O–H groups in total. The van der Waals surface area contributed by atoms with E-state index >= 15 is 0 Å². The van der Waals surface area contributed by atoms with Crippen LogP contribution in [0.2, 0.25) is 10.0 Å². The minimum atomic E-state index is -0.288. The first-order chi connectivity index (χ1) is 15.4. The maximum Gasteiger partial charge on any atom is 0.319 e. The quantitative estimate of drug-likeness (QED) is 0.610. The smallest absolute Gasteiger partial charge is 0.319 e. The number of methoxy groups -OCH3 is 2. The topological polar surface area (TPSA) is 62.8 Å². The summed E-state index contributed by atoms with van der Waals surface area (Å²) in [5, 5.41) is 6.77. The van der Waals surface area contributed by atoms with Crippen molar-refractivity contribution in [1.29, 1.82) is 0 Å². The summed E-state index contributed by atoms with van der Waals surface area (Å²) in [6, 6.07) is 11.5. The summed E-state index contributed by atoms with van der Waals surface area (Å²) in [6.45, 7) is 1.02. The molecule has 32 heavy (non-hydrogen) atoms.